The minimum Gasteiger partial charge on any atom is -0.357 e. The van der Waals surface area contributed by atoms with Crippen molar-refractivity contribution in [3.63, 3.8) is 0 Å². The van der Waals surface area contributed by atoms with Crippen molar-refractivity contribution in [1.82, 2.24) is 10.6 Å². The van der Waals surface area contributed by atoms with E-state index in [4.69, 9.17) is 5.73 Å². The van der Waals surface area contributed by atoms with Crippen LogP contribution in [0.1, 0.15) is 39.0 Å². The highest BCUT2D eigenvalue weighted by Gasteiger charge is 2.12. The molecule has 0 heterocycles. The molecule has 4 N–H and O–H groups in total. The van der Waals surface area contributed by atoms with Crippen molar-refractivity contribution in [2.24, 2.45) is 5.73 Å². The van der Waals surface area contributed by atoms with Crippen LogP contribution >= 0.6 is 0 Å². The molecule has 0 aromatic carbocycles. The molecule has 0 aliphatic carbocycles. The maximum atomic E-state index is 11.4. The van der Waals surface area contributed by atoms with E-state index in [1.807, 2.05) is 0 Å². The van der Waals surface area contributed by atoms with Gasteiger partial charge in [0.1, 0.15) is 6.04 Å². The maximum Gasteiger partial charge on any atom is 0.242 e. The fraction of sp³-hybridized carbons (Fsp3) is 0.818. The van der Waals surface area contributed by atoms with Gasteiger partial charge in [-0.05, 0) is 26.3 Å². The van der Waals surface area contributed by atoms with E-state index in [0.29, 0.717) is 13.0 Å². The molecule has 0 radical (unpaired) electrons. The first-order valence-corrected chi connectivity index (χ1v) is 5.82. The lowest BCUT2D eigenvalue weighted by atomic mass is 10.1. The lowest BCUT2D eigenvalue weighted by Crippen LogP contribution is -2.43. The van der Waals surface area contributed by atoms with Gasteiger partial charge in [-0.15, -0.1) is 0 Å². The van der Waals surface area contributed by atoms with Crippen molar-refractivity contribution in [2.45, 2.75) is 45.1 Å². The highest BCUT2D eigenvalue weighted by Crippen LogP contribution is 2.02. The highest BCUT2D eigenvalue weighted by molar-refractivity contribution is 5.86. The van der Waals surface area contributed by atoms with Crippen LogP contribution in [0.25, 0.3) is 0 Å². The predicted molar refractivity (Wildman–Crippen MR) is 63.8 cm³/mol. The second-order valence-electron chi connectivity index (χ2n) is 3.86. The van der Waals surface area contributed by atoms with Gasteiger partial charge in [0, 0.05) is 13.5 Å². The van der Waals surface area contributed by atoms with Crippen molar-refractivity contribution in [1.29, 1.82) is 0 Å². The molecule has 0 aromatic heterocycles. The summed E-state index contributed by atoms with van der Waals surface area (Å²) in [6, 6.07) is -0.457. The van der Waals surface area contributed by atoms with Crippen LogP contribution in [-0.2, 0) is 9.59 Å². The SMILES string of the molecule is CNC(=O)C(C)NC(=O)CCCCCCN. The Labute approximate surface area is 97.2 Å². The van der Waals surface area contributed by atoms with E-state index in [2.05, 4.69) is 10.6 Å². The second-order valence-corrected chi connectivity index (χ2v) is 3.86. The summed E-state index contributed by atoms with van der Waals surface area (Å²) < 4.78 is 0. The van der Waals surface area contributed by atoms with Gasteiger partial charge in [0.15, 0.2) is 0 Å². The fourth-order valence-electron chi connectivity index (χ4n) is 1.38. The number of carbonyl (C=O) groups excluding carboxylic acids is 2. The Bertz CT molecular complexity index is 219. The van der Waals surface area contributed by atoms with Crippen LogP contribution in [0.4, 0.5) is 0 Å². The minimum absolute atomic E-state index is 0.0659. The van der Waals surface area contributed by atoms with E-state index >= 15 is 0 Å². The van der Waals surface area contributed by atoms with E-state index in [1.54, 1.807) is 14.0 Å². The molecule has 5 heteroatoms. The third-order valence-electron chi connectivity index (χ3n) is 2.38. The van der Waals surface area contributed by atoms with Crippen LogP contribution < -0.4 is 16.4 Å². The molecular formula is C11H23N3O2. The molecule has 1 unspecified atom stereocenters. The summed E-state index contributed by atoms with van der Waals surface area (Å²) in [6.07, 6.45) is 4.42. The molecule has 2 amide bonds. The molecule has 94 valence electrons. The minimum atomic E-state index is -0.457. The quantitative estimate of drug-likeness (QED) is 0.518. The monoisotopic (exact) mass is 229 g/mol. The first-order chi connectivity index (χ1) is 7.61. The number of nitrogens with two attached hydrogens (primary N) is 1. The Hall–Kier alpha value is -1.10. The molecule has 0 aliphatic rings. The Balaban J connectivity index is 3.54. The average Bonchev–Trinajstić information content (AvgIpc) is 2.27. The van der Waals surface area contributed by atoms with Crippen LogP contribution in [0.15, 0.2) is 0 Å². The Kier molecular flexibility index (Phi) is 8.52. The van der Waals surface area contributed by atoms with E-state index < -0.39 is 6.04 Å². The summed E-state index contributed by atoms with van der Waals surface area (Å²) in [4.78, 5) is 22.5. The van der Waals surface area contributed by atoms with Gasteiger partial charge in [-0.25, -0.2) is 0 Å². The summed E-state index contributed by atoms with van der Waals surface area (Å²) in [7, 11) is 1.55. The zero-order valence-corrected chi connectivity index (χ0v) is 10.2. The largest absolute Gasteiger partial charge is 0.357 e. The zero-order valence-electron chi connectivity index (χ0n) is 10.2. The second kappa shape index (κ2) is 9.15. The van der Waals surface area contributed by atoms with E-state index in [-0.39, 0.29) is 11.8 Å². The summed E-state index contributed by atoms with van der Waals surface area (Å²) >= 11 is 0. The molecule has 0 aromatic rings. The third-order valence-corrected chi connectivity index (χ3v) is 2.38. The van der Waals surface area contributed by atoms with Crippen molar-refractivity contribution in [3.05, 3.63) is 0 Å². The summed E-state index contributed by atoms with van der Waals surface area (Å²) in [6.45, 7) is 2.38. The van der Waals surface area contributed by atoms with Gasteiger partial charge >= 0.3 is 0 Å². The molecule has 16 heavy (non-hydrogen) atoms. The van der Waals surface area contributed by atoms with Gasteiger partial charge in [-0.1, -0.05) is 12.8 Å². The number of hydrogen-bond acceptors (Lipinski definition) is 3. The number of carbonyl (C=O) groups is 2. The van der Waals surface area contributed by atoms with Crippen molar-refractivity contribution < 1.29 is 9.59 Å². The fourth-order valence-corrected chi connectivity index (χ4v) is 1.38. The van der Waals surface area contributed by atoms with Gasteiger partial charge in [0.25, 0.3) is 0 Å². The number of nitrogens with one attached hydrogen (secondary N) is 2. The summed E-state index contributed by atoms with van der Waals surface area (Å²) in [5.41, 5.74) is 5.36. The predicted octanol–water partition coefficient (Wildman–Crippen LogP) is 0.146. The molecule has 0 fully saturated rings. The molecule has 0 aliphatic heterocycles. The van der Waals surface area contributed by atoms with Crippen molar-refractivity contribution in [2.75, 3.05) is 13.6 Å². The first kappa shape index (κ1) is 14.9. The Morgan fingerprint density at radius 1 is 1.19 bits per heavy atom. The number of rotatable bonds is 8. The van der Waals surface area contributed by atoms with Crippen LogP contribution in [0.5, 0.6) is 0 Å². The summed E-state index contributed by atoms with van der Waals surface area (Å²) in [5, 5.41) is 5.13. The lowest BCUT2D eigenvalue weighted by Gasteiger charge is -2.11. The number of amides is 2. The number of likely N-dealkylation sites (N-methyl/N-ethyl adjacent to an activating group) is 1. The molecule has 0 rings (SSSR count). The number of hydrogen-bond donors (Lipinski definition) is 3. The van der Waals surface area contributed by atoms with E-state index in [1.165, 1.54) is 0 Å². The Morgan fingerprint density at radius 2 is 1.81 bits per heavy atom. The topological polar surface area (TPSA) is 84.2 Å². The average molecular weight is 229 g/mol. The molecule has 5 nitrogen and oxygen atoms in total. The maximum absolute atomic E-state index is 11.4. The molecule has 0 spiro atoms. The molecular weight excluding hydrogens is 206 g/mol. The standard InChI is InChI=1S/C11H23N3O2/c1-9(11(16)13-2)14-10(15)7-5-3-4-6-8-12/h9H,3-8,12H2,1-2H3,(H,13,16)(H,14,15). The van der Waals surface area contributed by atoms with E-state index in [0.717, 1.165) is 25.7 Å². The van der Waals surface area contributed by atoms with Crippen molar-refractivity contribution >= 4 is 11.8 Å². The van der Waals surface area contributed by atoms with Gasteiger partial charge in [0.2, 0.25) is 11.8 Å². The highest BCUT2D eigenvalue weighted by atomic mass is 16.2. The van der Waals surface area contributed by atoms with Crippen molar-refractivity contribution in [3.8, 4) is 0 Å². The number of unbranched alkanes of at least 4 members (excludes halogenated alkanes) is 3. The van der Waals surface area contributed by atoms with E-state index in [9.17, 15) is 9.59 Å². The smallest absolute Gasteiger partial charge is 0.242 e. The molecule has 0 saturated carbocycles. The summed E-state index contributed by atoms with van der Waals surface area (Å²) in [5.74, 6) is -0.236. The first-order valence-electron chi connectivity index (χ1n) is 5.82. The lowest BCUT2D eigenvalue weighted by molar-refractivity contribution is -0.128. The van der Waals surface area contributed by atoms with Gasteiger partial charge in [-0.2, -0.15) is 0 Å². The molecule has 1 atom stereocenters. The third kappa shape index (κ3) is 7.23. The van der Waals surface area contributed by atoms with Crippen LogP contribution in [0, 0.1) is 0 Å². The van der Waals surface area contributed by atoms with Crippen LogP contribution in [0.2, 0.25) is 0 Å². The molecule has 0 saturated heterocycles. The Morgan fingerprint density at radius 3 is 2.38 bits per heavy atom. The van der Waals surface area contributed by atoms with Crippen LogP contribution in [0.3, 0.4) is 0 Å². The molecule has 0 bridgehead atoms. The van der Waals surface area contributed by atoms with Gasteiger partial charge in [0.05, 0.1) is 0 Å². The van der Waals surface area contributed by atoms with Gasteiger partial charge < -0.3 is 16.4 Å². The zero-order chi connectivity index (χ0) is 12.4. The van der Waals surface area contributed by atoms with Crippen LogP contribution in [-0.4, -0.2) is 31.4 Å². The normalized spacial score (nSPS) is 11.9. The van der Waals surface area contributed by atoms with Gasteiger partial charge in [-0.3, -0.25) is 9.59 Å².